The maximum Gasteiger partial charge on any atom is 0.162 e. The summed E-state index contributed by atoms with van der Waals surface area (Å²) in [6.45, 7) is 2.04. The van der Waals surface area contributed by atoms with Gasteiger partial charge in [-0.25, -0.2) is 0 Å². The van der Waals surface area contributed by atoms with Crippen LogP contribution in [0.1, 0.15) is 36.8 Å². The van der Waals surface area contributed by atoms with Crippen LogP contribution >= 0.6 is 0 Å². The molecule has 1 aromatic rings. The van der Waals surface area contributed by atoms with E-state index in [9.17, 15) is 9.90 Å². The number of hydrogen-bond donors (Lipinski definition) is 1. The van der Waals surface area contributed by atoms with Gasteiger partial charge in [0, 0.05) is 36.8 Å². The lowest BCUT2D eigenvalue weighted by atomic mass is 9.62. The van der Waals surface area contributed by atoms with Gasteiger partial charge < -0.3 is 14.3 Å². The Morgan fingerprint density at radius 1 is 1.39 bits per heavy atom. The fraction of sp³-hybridized carbons (Fsp3) is 0.526. The van der Waals surface area contributed by atoms with E-state index in [1.54, 1.807) is 7.11 Å². The van der Waals surface area contributed by atoms with Crippen molar-refractivity contribution in [3.63, 3.8) is 0 Å². The first-order chi connectivity index (χ1) is 11.0. The molecule has 4 rings (SSSR count). The van der Waals surface area contributed by atoms with Crippen LogP contribution < -0.4 is 4.74 Å². The second-order valence-electron chi connectivity index (χ2n) is 7.19. The molecule has 3 aliphatic rings. The van der Waals surface area contributed by atoms with Gasteiger partial charge in [0.15, 0.2) is 11.5 Å². The standard InChI is InChI=1S/C17H21NO3.C2H2/c1-18-8-7-17(9-12(19)4-6-14(17)18)15-11(10-18)3-5-13(21-2)16(15)20;1-2/h3,5,14H,4,6-10H2,1-2H3;1-2H/p+1/t14-,17-,18?;/m0./s1. The highest BCUT2D eigenvalue weighted by Crippen LogP contribution is 2.58. The second kappa shape index (κ2) is 5.28. The van der Waals surface area contributed by atoms with E-state index in [2.05, 4.69) is 26.0 Å². The number of benzene rings is 1. The summed E-state index contributed by atoms with van der Waals surface area (Å²) in [5, 5.41) is 10.7. The quantitative estimate of drug-likeness (QED) is 0.639. The lowest BCUT2D eigenvalue weighted by molar-refractivity contribution is -0.938. The third kappa shape index (κ3) is 2.00. The number of likely N-dealkylation sites (N-methyl/N-ethyl adjacent to an activating group) is 1. The molecular formula is C19H24NO3+. The summed E-state index contributed by atoms with van der Waals surface area (Å²) in [5.41, 5.74) is 2.03. The zero-order valence-corrected chi connectivity index (χ0v) is 13.8. The number of phenolic OH excluding ortho intramolecular Hbond substituents is 1. The molecule has 1 aliphatic carbocycles. The van der Waals surface area contributed by atoms with Crippen molar-refractivity contribution in [2.45, 2.75) is 43.7 Å². The predicted octanol–water partition coefficient (Wildman–Crippen LogP) is 2.37. The molecule has 1 unspecified atom stereocenters. The zero-order chi connectivity index (χ0) is 16.8. The van der Waals surface area contributed by atoms with Crippen molar-refractivity contribution in [2.75, 3.05) is 20.7 Å². The van der Waals surface area contributed by atoms with Crippen LogP contribution in [0.4, 0.5) is 0 Å². The topological polar surface area (TPSA) is 46.5 Å². The Bertz CT molecular complexity index is 681. The number of carbonyl (C=O) groups is 1. The fourth-order valence-electron chi connectivity index (χ4n) is 5.33. The van der Waals surface area contributed by atoms with Gasteiger partial charge in [0.05, 0.1) is 26.1 Å². The molecule has 4 nitrogen and oxygen atoms in total. The number of carbonyl (C=O) groups excluding carboxylic acids is 1. The Labute approximate surface area is 137 Å². The van der Waals surface area contributed by atoms with E-state index in [-0.39, 0.29) is 11.2 Å². The molecule has 0 radical (unpaired) electrons. The summed E-state index contributed by atoms with van der Waals surface area (Å²) in [6, 6.07) is 4.38. The van der Waals surface area contributed by atoms with Gasteiger partial charge >= 0.3 is 0 Å². The van der Waals surface area contributed by atoms with Crippen molar-refractivity contribution in [2.24, 2.45) is 0 Å². The van der Waals surface area contributed by atoms with Gasteiger partial charge in [-0.1, -0.05) is 0 Å². The van der Waals surface area contributed by atoms with Crippen molar-refractivity contribution in [3.8, 4) is 24.3 Å². The molecule has 122 valence electrons. The number of fused-ring (bicyclic) bond motifs is 1. The zero-order valence-electron chi connectivity index (χ0n) is 13.8. The number of quaternary nitrogens is 1. The van der Waals surface area contributed by atoms with Crippen molar-refractivity contribution >= 4 is 5.78 Å². The average Bonchev–Trinajstić information content (AvgIpc) is 2.75. The summed E-state index contributed by atoms with van der Waals surface area (Å²) in [5.74, 6) is 1.14. The number of ether oxygens (including phenoxy) is 1. The number of aromatic hydroxyl groups is 1. The van der Waals surface area contributed by atoms with E-state index < -0.39 is 0 Å². The number of methoxy groups -OCH3 is 1. The molecule has 1 saturated carbocycles. The molecule has 0 amide bonds. The van der Waals surface area contributed by atoms with Gasteiger partial charge in [0.1, 0.15) is 18.4 Å². The molecule has 1 saturated heterocycles. The number of terminal acetylenes is 1. The van der Waals surface area contributed by atoms with Gasteiger partial charge in [-0.15, -0.1) is 12.8 Å². The van der Waals surface area contributed by atoms with Crippen LogP contribution in [0.25, 0.3) is 0 Å². The highest BCUT2D eigenvalue weighted by atomic mass is 16.5. The number of Topliss-reactive ketones (excluding diaryl/α,β-unsaturated/α-hetero) is 1. The van der Waals surface area contributed by atoms with Crippen molar-refractivity contribution < 1.29 is 19.1 Å². The Hall–Kier alpha value is -1.99. The van der Waals surface area contributed by atoms with Gasteiger partial charge in [-0.3, -0.25) is 4.79 Å². The molecule has 23 heavy (non-hydrogen) atoms. The number of hydrogen-bond acceptors (Lipinski definition) is 3. The minimum Gasteiger partial charge on any atom is -0.504 e. The van der Waals surface area contributed by atoms with E-state index in [4.69, 9.17) is 4.74 Å². The predicted molar refractivity (Wildman–Crippen MR) is 88.2 cm³/mol. The number of ketones is 1. The maximum absolute atomic E-state index is 12.2. The van der Waals surface area contributed by atoms with Crippen LogP contribution in [0.3, 0.4) is 0 Å². The minimum atomic E-state index is -0.170. The molecule has 1 N–H and O–H groups in total. The fourth-order valence-corrected chi connectivity index (χ4v) is 5.33. The third-order valence-corrected chi connectivity index (χ3v) is 6.14. The van der Waals surface area contributed by atoms with Gasteiger partial charge in [0.25, 0.3) is 0 Å². The molecule has 3 atom stereocenters. The molecule has 0 spiro atoms. The highest BCUT2D eigenvalue weighted by Gasteiger charge is 2.63. The molecule has 2 aliphatic heterocycles. The van der Waals surface area contributed by atoms with Crippen molar-refractivity contribution in [3.05, 3.63) is 23.3 Å². The van der Waals surface area contributed by atoms with E-state index in [0.717, 1.165) is 36.0 Å². The number of phenols is 1. The molecule has 4 heteroatoms. The first-order valence-electron chi connectivity index (χ1n) is 8.09. The Morgan fingerprint density at radius 2 is 2.13 bits per heavy atom. The Kier molecular flexibility index (Phi) is 3.65. The van der Waals surface area contributed by atoms with Crippen LogP contribution in [-0.4, -0.2) is 42.1 Å². The molecular weight excluding hydrogens is 290 g/mol. The first-order valence-corrected chi connectivity index (χ1v) is 8.09. The van der Waals surface area contributed by atoms with Crippen molar-refractivity contribution in [1.82, 2.24) is 0 Å². The Morgan fingerprint density at radius 3 is 2.83 bits per heavy atom. The molecule has 0 aromatic heterocycles. The summed E-state index contributed by atoms with van der Waals surface area (Å²) in [4.78, 5) is 12.2. The van der Waals surface area contributed by atoms with Crippen molar-refractivity contribution in [1.29, 1.82) is 0 Å². The van der Waals surface area contributed by atoms with E-state index in [1.807, 2.05) is 6.07 Å². The van der Waals surface area contributed by atoms with Gasteiger partial charge in [0.2, 0.25) is 0 Å². The molecule has 2 fully saturated rings. The van der Waals surface area contributed by atoms with Crippen LogP contribution in [0.15, 0.2) is 12.1 Å². The summed E-state index contributed by atoms with van der Waals surface area (Å²) in [7, 11) is 3.90. The van der Waals surface area contributed by atoms with Crippen LogP contribution in [0.5, 0.6) is 11.5 Å². The summed E-state index contributed by atoms with van der Waals surface area (Å²) < 4.78 is 6.33. The highest BCUT2D eigenvalue weighted by molar-refractivity contribution is 5.82. The van der Waals surface area contributed by atoms with E-state index in [1.165, 1.54) is 5.56 Å². The Balaban J connectivity index is 0.000000753. The minimum absolute atomic E-state index is 0.170. The maximum atomic E-state index is 12.2. The molecule has 2 heterocycles. The summed E-state index contributed by atoms with van der Waals surface area (Å²) >= 11 is 0. The van der Waals surface area contributed by atoms with Crippen LogP contribution in [-0.2, 0) is 16.8 Å². The third-order valence-electron chi connectivity index (χ3n) is 6.14. The van der Waals surface area contributed by atoms with Gasteiger partial charge in [-0.05, 0) is 12.1 Å². The molecule has 1 aromatic carbocycles. The monoisotopic (exact) mass is 314 g/mol. The largest absolute Gasteiger partial charge is 0.504 e. The lowest BCUT2D eigenvalue weighted by Gasteiger charge is -2.49. The number of rotatable bonds is 1. The van der Waals surface area contributed by atoms with E-state index in [0.29, 0.717) is 30.4 Å². The van der Waals surface area contributed by atoms with Crippen LogP contribution in [0, 0.1) is 12.8 Å². The summed E-state index contributed by atoms with van der Waals surface area (Å²) in [6.07, 6.45) is 11.2. The SMILES string of the molecule is C#C.COc1ccc2c(c1O)[C@]13CC[N+](C)(C2)[C@H]1CCC(=O)C3. The second-order valence-corrected chi connectivity index (χ2v) is 7.19. The average molecular weight is 314 g/mol. The normalized spacial score (nSPS) is 33.9. The van der Waals surface area contributed by atoms with Gasteiger partial charge in [-0.2, -0.15) is 0 Å². The first kappa shape index (κ1) is 15.9. The van der Waals surface area contributed by atoms with E-state index >= 15 is 0 Å². The number of nitrogens with zero attached hydrogens (tertiary/aromatic N) is 1. The smallest absolute Gasteiger partial charge is 0.162 e. The van der Waals surface area contributed by atoms with Crippen LogP contribution in [0.2, 0.25) is 0 Å². The molecule has 2 bridgehead atoms. The lowest BCUT2D eigenvalue weighted by Crippen LogP contribution is -2.59.